The molecule has 0 saturated carbocycles. The molecule has 4 nitrogen and oxygen atoms in total. The van der Waals surface area contributed by atoms with Crippen molar-refractivity contribution in [3.05, 3.63) is 29.3 Å². The molecule has 0 amide bonds. The Bertz CT molecular complexity index is 451. The van der Waals surface area contributed by atoms with E-state index in [9.17, 15) is 4.79 Å². The molecule has 1 aromatic carbocycles. The predicted molar refractivity (Wildman–Crippen MR) is 83.8 cm³/mol. The molecule has 0 N–H and O–H groups in total. The summed E-state index contributed by atoms with van der Waals surface area (Å²) in [7, 11) is 4.24. The Balaban J connectivity index is 1.92. The van der Waals surface area contributed by atoms with Crippen LogP contribution in [0.5, 0.6) is 0 Å². The van der Waals surface area contributed by atoms with E-state index in [4.69, 9.17) is 0 Å². The molecule has 0 atom stereocenters. The van der Waals surface area contributed by atoms with Gasteiger partial charge in [0.1, 0.15) is 6.29 Å². The van der Waals surface area contributed by atoms with Crippen LogP contribution in [0.4, 0.5) is 5.69 Å². The molecule has 0 spiro atoms. The van der Waals surface area contributed by atoms with E-state index in [1.165, 1.54) is 11.3 Å². The van der Waals surface area contributed by atoms with Gasteiger partial charge >= 0.3 is 0 Å². The summed E-state index contributed by atoms with van der Waals surface area (Å²) in [5.74, 6) is 0. The Morgan fingerprint density at radius 2 is 1.90 bits per heavy atom. The molecule has 2 rings (SSSR count). The lowest BCUT2D eigenvalue weighted by atomic mass is 10.1. The van der Waals surface area contributed by atoms with E-state index in [1.807, 2.05) is 12.1 Å². The third kappa shape index (κ3) is 3.81. The van der Waals surface area contributed by atoms with Gasteiger partial charge in [0.05, 0.1) is 0 Å². The topological polar surface area (TPSA) is 26.8 Å². The largest absolute Gasteiger partial charge is 0.369 e. The SMILES string of the molecule is Cc1cc(C=O)ccc1N1CCN(CCN(C)C)CC1. The lowest BCUT2D eigenvalue weighted by Crippen LogP contribution is -2.48. The van der Waals surface area contributed by atoms with Gasteiger partial charge in [-0.25, -0.2) is 0 Å². The van der Waals surface area contributed by atoms with Crippen LogP contribution in [0.2, 0.25) is 0 Å². The molecule has 1 aromatic rings. The third-order valence-electron chi connectivity index (χ3n) is 3.93. The maximum Gasteiger partial charge on any atom is 0.150 e. The predicted octanol–water partition coefficient (Wildman–Crippen LogP) is 1.49. The van der Waals surface area contributed by atoms with E-state index in [2.05, 4.69) is 41.8 Å². The minimum Gasteiger partial charge on any atom is -0.369 e. The van der Waals surface area contributed by atoms with Gasteiger partial charge in [0.15, 0.2) is 0 Å². The zero-order chi connectivity index (χ0) is 14.5. The van der Waals surface area contributed by atoms with Gasteiger partial charge in [-0.3, -0.25) is 9.69 Å². The number of likely N-dealkylation sites (N-methyl/N-ethyl adjacent to an activating group) is 1. The second-order valence-corrected chi connectivity index (χ2v) is 5.80. The molecule has 1 fully saturated rings. The van der Waals surface area contributed by atoms with Crippen molar-refractivity contribution in [2.45, 2.75) is 6.92 Å². The molecule has 110 valence electrons. The van der Waals surface area contributed by atoms with Crippen molar-refractivity contribution in [3.63, 3.8) is 0 Å². The molecule has 1 aliphatic heterocycles. The van der Waals surface area contributed by atoms with Crippen molar-refractivity contribution in [1.29, 1.82) is 0 Å². The molecule has 1 heterocycles. The number of hydrogen-bond donors (Lipinski definition) is 0. The number of rotatable bonds is 5. The standard InChI is InChI=1S/C16H25N3O/c1-14-12-15(13-20)4-5-16(14)19-10-8-18(9-11-19)7-6-17(2)3/h4-5,12-13H,6-11H2,1-3H3. The summed E-state index contributed by atoms with van der Waals surface area (Å²) < 4.78 is 0. The normalized spacial score (nSPS) is 16.7. The summed E-state index contributed by atoms with van der Waals surface area (Å²) in [6.07, 6.45) is 0.913. The van der Waals surface area contributed by atoms with Crippen LogP contribution in [0.15, 0.2) is 18.2 Å². The van der Waals surface area contributed by atoms with Crippen molar-refractivity contribution in [1.82, 2.24) is 9.80 Å². The molecule has 4 heteroatoms. The first kappa shape index (κ1) is 15.0. The second-order valence-electron chi connectivity index (χ2n) is 5.80. The Labute approximate surface area is 122 Å². The van der Waals surface area contributed by atoms with Crippen LogP contribution < -0.4 is 4.90 Å². The Hall–Kier alpha value is -1.39. The van der Waals surface area contributed by atoms with Gasteiger partial charge in [-0.2, -0.15) is 0 Å². The minimum absolute atomic E-state index is 0.760. The monoisotopic (exact) mass is 275 g/mol. The molecular formula is C16H25N3O. The number of anilines is 1. The summed E-state index contributed by atoms with van der Waals surface area (Å²) in [6.45, 7) is 8.70. The highest BCUT2D eigenvalue weighted by Crippen LogP contribution is 2.22. The average molecular weight is 275 g/mol. The van der Waals surface area contributed by atoms with Crippen LogP contribution in [0.25, 0.3) is 0 Å². The number of nitrogens with zero attached hydrogens (tertiary/aromatic N) is 3. The molecule has 1 saturated heterocycles. The third-order valence-corrected chi connectivity index (χ3v) is 3.93. The molecule has 0 unspecified atom stereocenters. The van der Waals surface area contributed by atoms with E-state index in [1.54, 1.807) is 0 Å². The van der Waals surface area contributed by atoms with Crippen LogP contribution in [0.3, 0.4) is 0 Å². The number of piperazine rings is 1. The maximum absolute atomic E-state index is 10.8. The van der Waals surface area contributed by atoms with Gasteiger partial charge in [0.25, 0.3) is 0 Å². The van der Waals surface area contributed by atoms with E-state index < -0.39 is 0 Å². The molecule has 1 aliphatic rings. The minimum atomic E-state index is 0.760. The van der Waals surface area contributed by atoms with E-state index in [0.29, 0.717) is 0 Å². The zero-order valence-corrected chi connectivity index (χ0v) is 12.8. The average Bonchev–Trinajstić information content (AvgIpc) is 2.45. The van der Waals surface area contributed by atoms with Gasteiger partial charge < -0.3 is 9.80 Å². The highest BCUT2D eigenvalue weighted by Gasteiger charge is 2.18. The van der Waals surface area contributed by atoms with Crippen LogP contribution in [-0.4, -0.2) is 69.4 Å². The molecule has 0 bridgehead atoms. The Kier molecular flexibility index (Phi) is 5.15. The highest BCUT2D eigenvalue weighted by atomic mass is 16.1. The van der Waals surface area contributed by atoms with Crippen molar-refractivity contribution in [2.24, 2.45) is 0 Å². The van der Waals surface area contributed by atoms with Gasteiger partial charge in [-0.15, -0.1) is 0 Å². The fourth-order valence-electron chi connectivity index (χ4n) is 2.66. The number of aryl methyl sites for hydroxylation is 1. The number of benzene rings is 1. The zero-order valence-electron chi connectivity index (χ0n) is 12.8. The van der Waals surface area contributed by atoms with Gasteiger partial charge in [-0.05, 0) is 44.8 Å². The number of carbonyl (C=O) groups excluding carboxylic acids is 1. The lowest BCUT2D eigenvalue weighted by Gasteiger charge is -2.37. The Morgan fingerprint density at radius 1 is 1.20 bits per heavy atom. The van der Waals surface area contributed by atoms with E-state index in [0.717, 1.165) is 51.1 Å². The molecule has 0 aromatic heterocycles. The Morgan fingerprint density at radius 3 is 2.45 bits per heavy atom. The highest BCUT2D eigenvalue weighted by molar-refractivity contribution is 5.77. The molecule has 0 aliphatic carbocycles. The van der Waals surface area contributed by atoms with Gasteiger partial charge in [0, 0.05) is 50.5 Å². The van der Waals surface area contributed by atoms with Crippen LogP contribution in [0.1, 0.15) is 15.9 Å². The van der Waals surface area contributed by atoms with Crippen LogP contribution in [0, 0.1) is 6.92 Å². The lowest BCUT2D eigenvalue weighted by molar-refractivity contribution is 0.112. The molecule has 0 radical (unpaired) electrons. The smallest absolute Gasteiger partial charge is 0.150 e. The van der Waals surface area contributed by atoms with Gasteiger partial charge in [0.2, 0.25) is 0 Å². The molecule has 20 heavy (non-hydrogen) atoms. The number of hydrogen-bond acceptors (Lipinski definition) is 4. The second kappa shape index (κ2) is 6.86. The van der Waals surface area contributed by atoms with E-state index in [-0.39, 0.29) is 0 Å². The summed E-state index contributed by atoms with van der Waals surface area (Å²) in [4.78, 5) is 18.0. The molecular weight excluding hydrogens is 250 g/mol. The maximum atomic E-state index is 10.8. The summed E-state index contributed by atoms with van der Waals surface area (Å²) in [5.41, 5.74) is 3.22. The van der Waals surface area contributed by atoms with Crippen molar-refractivity contribution < 1.29 is 4.79 Å². The first-order chi connectivity index (χ1) is 9.60. The number of aldehydes is 1. The summed E-state index contributed by atoms with van der Waals surface area (Å²) >= 11 is 0. The summed E-state index contributed by atoms with van der Waals surface area (Å²) in [6, 6.07) is 5.96. The number of carbonyl (C=O) groups is 1. The van der Waals surface area contributed by atoms with E-state index >= 15 is 0 Å². The van der Waals surface area contributed by atoms with Crippen molar-refractivity contribution in [3.8, 4) is 0 Å². The first-order valence-electron chi connectivity index (χ1n) is 7.28. The fraction of sp³-hybridized carbons (Fsp3) is 0.562. The summed E-state index contributed by atoms with van der Waals surface area (Å²) in [5, 5.41) is 0. The van der Waals surface area contributed by atoms with Crippen LogP contribution >= 0.6 is 0 Å². The van der Waals surface area contributed by atoms with Crippen molar-refractivity contribution >= 4 is 12.0 Å². The van der Waals surface area contributed by atoms with Crippen molar-refractivity contribution in [2.75, 3.05) is 58.3 Å². The van der Waals surface area contributed by atoms with Crippen LogP contribution in [-0.2, 0) is 0 Å². The quantitative estimate of drug-likeness (QED) is 0.761. The first-order valence-corrected chi connectivity index (χ1v) is 7.28. The fourth-order valence-corrected chi connectivity index (χ4v) is 2.66. The van der Waals surface area contributed by atoms with Gasteiger partial charge in [-0.1, -0.05) is 0 Å².